The van der Waals surface area contributed by atoms with E-state index in [0.717, 1.165) is 34.0 Å². The average molecular weight is 495 g/mol. The third-order valence-corrected chi connectivity index (χ3v) is 6.08. The molecule has 0 saturated heterocycles. The first-order valence-corrected chi connectivity index (χ1v) is 10.1. The van der Waals surface area contributed by atoms with Gasteiger partial charge in [0.2, 0.25) is 5.78 Å². The first-order valence-electron chi connectivity index (χ1n) is 8.51. The van der Waals surface area contributed by atoms with Gasteiger partial charge in [-0.1, -0.05) is 28.1 Å². The van der Waals surface area contributed by atoms with Crippen LogP contribution in [0.15, 0.2) is 59.1 Å². The van der Waals surface area contributed by atoms with Gasteiger partial charge in [0.25, 0.3) is 0 Å². The van der Waals surface area contributed by atoms with Crippen molar-refractivity contribution in [3.05, 3.63) is 80.9 Å². The van der Waals surface area contributed by atoms with Crippen LogP contribution in [0.25, 0.3) is 21.5 Å². The van der Waals surface area contributed by atoms with Gasteiger partial charge < -0.3 is 5.73 Å². The highest BCUT2D eigenvalue weighted by Crippen LogP contribution is 2.44. The minimum absolute atomic E-state index is 0.00528. The van der Waals surface area contributed by atoms with Gasteiger partial charge in [0, 0.05) is 21.0 Å². The summed E-state index contributed by atoms with van der Waals surface area (Å²) in [5.41, 5.74) is 5.46. The number of rotatable bonds is 3. The van der Waals surface area contributed by atoms with E-state index in [1.54, 1.807) is 24.3 Å². The summed E-state index contributed by atoms with van der Waals surface area (Å²) in [5, 5.41) is -0.307. The number of hydrogen-bond acceptors (Lipinski definition) is 4. The van der Waals surface area contributed by atoms with E-state index in [-0.39, 0.29) is 32.0 Å². The molecule has 0 saturated carbocycles. The highest BCUT2D eigenvalue weighted by Gasteiger charge is 2.36. The molecule has 2 aromatic heterocycles. The van der Waals surface area contributed by atoms with Gasteiger partial charge in [0.15, 0.2) is 0 Å². The molecule has 0 spiro atoms. The second-order valence-corrected chi connectivity index (χ2v) is 8.34. The lowest BCUT2D eigenvalue weighted by Gasteiger charge is -2.11. The number of nitrogens with two attached hydrogens (primary N) is 1. The van der Waals surface area contributed by atoms with Crippen LogP contribution in [0.1, 0.15) is 20.8 Å². The summed E-state index contributed by atoms with van der Waals surface area (Å²) in [6.45, 7) is 0. The van der Waals surface area contributed by atoms with Gasteiger partial charge in [-0.25, -0.2) is 9.37 Å². The Morgan fingerprint density at radius 3 is 2.27 bits per heavy atom. The lowest BCUT2D eigenvalue weighted by atomic mass is 10.0. The van der Waals surface area contributed by atoms with Crippen molar-refractivity contribution in [1.82, 2.24) is 4.98 Å². The van der Waals surface area contributed by atoms with E-state index in [1.165, 1.54) is 12.1 Å². The maximum absolute atomic E-state index is 13.8. The van der Waals surface area contributed by atoms with E-state index in [0.29, 0.717) is 5.56 Å². The number of hydrogen-bond donors (Lipinski definition) is 1. The number of anilines is 1. The average Bonchev–Trinajstić information content (AvgIpc) is 3.03. The number of alkyl halides is 3. The SMILES string of the molecule is Nc1c(C(=O)c2ccc(F)cc2)sc2nc(-c3ccc(Br)cc3)cc(C(F)(F)F)c12. The van der Waals surface area contributed by atoms with Crippen LogP contribution in [0.3, 0.4) is 0 Å². The molecule has 2 N–H and O–H groups in total. The van der Waals surface area contributed by atoms with Crippen molar-refractivity contribution in [3.63, 3.8) is 0 Å². The molecule has 0 aliphatic heterocycles. The van der Waals surface area contributed by atoms with Crippen LogP contribution in [0, 0.1) is 5.82 Å². The molecule has 0 amide bonds. The number of thiophene rings is 1. The fourth-order valence-corrected chi connectivity index (χ4v) is 4.36. The molecule has 0 bridgehead atoms. The monoisotopic (exact) mass is 494 g/mol. The highest BCUT2D eigenvalue weighted by molar-refractivity contribution is 9.10. The first kappa shape index (κ1) is 20.5. The maximum atomic E-state index is 13.8. The van der Waals surface area contributed by atoms with Gasteiger partial charge in [-0.3, -0.25) is 4.79 Å². The summed E-state index contributed by atoms with van der Waals surface area (Å²) < 4.78 is 55.4. The molecule has 3 nitrogen and oxygen atoms in total. The summed E-state index contributed by atoms with van der Waals surface area (Å²) >= 11 is 4.07. The third-order valence-electron chi connectivity index (χ3n) is 4.46. The van der Waals surface area contributed by atoms with Crippen LogP contribution in [0.5, 0.6) is 0 Å². The number of carbonyl (C=O) groups excluding carboxylic acids is 1. The number of fused-ring (bicyclic) bond motifs is 1. The van der Waals surface area contributed by atoms with Crippen molar-refractivity contribution >= 4 is 49.0 Å². The van der Waals surface area contributed by atoms with Crippen LogP contribution < -0.4 is 5.73 Å². The molecule has 0 radical (unpaired) electrons. The summed E-state index contributed by atoms with van der Waals surface area (Å²) in [5.74, 6) is -1.12. The molecular weight excluding hydrogens is 484 g/mol. The van der Waals surface area contributed by atoms with Gasteiger partial charge >= 0.3 is 6.18 Å². The lowest BCUT2D eigenvalue weighted by Crippen LogP contribution is -2.08. The predicted octanol–water partition coefficient (Wildman–Crippen LogP) is 6.70. The first-order chi connectivity index (χ1) is 14.1. The van der Waals surface area contributed by atoms with Crippen molar-refractivity contribution in [2.45, 2.75) is 6.18 Å². The topological polar surface area (TPSA) is 56.0 Å². The van der Waals surface area contributed by atoms with Crippen LogP contribution >= 0.6 is 27.3 Å². The molecule has 4 aromatic rings. The molecule has 0 atom stereocenters. The second-order valence-electron chi connectivity index (χ2n) is 6.42. The van der Waals surface area contributed by atoms with Gasteiger partial charge in [-0.15, -0.1) is 11.3 Å². The molecule has 0 aliphatic rings. The molecule has 9 heteroatoms. The Balaban J connectivity index is 1.93. The van der Waals surface area contributed by atoms with E-state index in [4.69, 9.17) is 5.73 Å². The zero-order valence-corrected chi connectivity index (χ0v) is 17.3. The van der Waals surface area contributed by atoms with E-state index >= 15 is 0 Å². The number of ketones is 1. The number of halogens is 5. The molecular formula is C21H11BrF4N2OS. The van der Waals surface area contributed by atoms with Crippen LogP contribution in [-0.2, 0) is 6.18 Å². The van der Waals surface area contributed by atoms with Crippen molar-refractivity contribution in [1.29, 1.82) is 0 Å². The van der Waals surface area contributed by atoms with Gasteiger partial charge in [-0.05, 0) is 42.5 Å². The van der Waals surface area contributed by atoms with E-state index in [1.807, 2.05) is 0 Å². The van der Waals surface area contributed by atoms with Crippen LogP contribution in [-0.4, -0.2) is 10.8 Å². The minimum atomic E-state index is -4.70. The maximum Gasteiger partial charge on any atom is 0.417 e. The van der Waals surface area contributed by atoms with Crippen molar-refractivity contribution < 1.29 is 22.4 Å². The largest absolute Gasteiger partial charge is 0.417 e. The standard InChI is InChI=1S/C21H11BrF4N2OS/c22-12-5-1-10(2-6-12)15-9-14(21(24,25)26)16-17(27)19(30-20(16)28-15)18(29)11-3-7-13(23)8-4-11/h1-9H,27H2. The van der Waals surface area contributed by atoms with Crippen molar-refractivity contribution in [2.24, 2.45) is 0 Å². The fraction of sp³-hybridized carbons (Fsp3) is 0.0476. The minimum Gasteiger partial charge on any atom is -0.397 e. The van der Waals surface area contributed by atoms with Gasteiger partial charge in [0.1, 0.15) is 15.5 Å². The van der Waals surface area contributed by atoms with Crippen LogP contribution in [0.2, 0.25) is 0 Å². The number of nitrogens with zero attached hydrogens (tertiary/aromatic N) is 1. The molecule has 30 heavy (non-hydrogen) atoms. The number of carbonyl (C=O) groups is 1. The normalized spacial score (nSPS) is 11.8. The number of pyridine rings is 1. The highest BCUT2D eigenvalue weighted by atomic mass is 79.9. The Hall–Kier alpha value is -2.78. The van der Waals surface area contributed by atoms with Gasteiger partial charge in [-0.2, -0.15) is 13.2 Å². The predicted molar refractivity (Wildman–Crippen MR) is 112 cm³/mol. The Kier molecular flexibility index (Phi) is 5.11. The Morgan fingerprint density at radius 1 is 1.03 bits per heavy atom. The van der Waals surface area contributed by atoms with E-state index in [9.17, 15) is 22.4 Å². The van der Waals surface area contributed by atoms with Crippen molar-refractivity contribution in [3.8, 4) is 11.3 Å². The molecule has 0 fully saturated rings. The van der Waals surface area contributed by atoms with E-state index < -0.39 is 23.3 Å². The summed E-state index contributed by atoms with van der Waals surface area (Å²) in [6.07, 6.45) is -4.70. The Morgan fingerprint density at radius 2 is 1.67 bits per heavy atom. The number of benzene rings is 2. The van der Waals surface area contributed by atoms with E-state index in [2.05, 4.69) is 20.9 Å². The fourth-order valence-electron chi connectivity index (χ4n) is 3.01. The zero-order chi connectivity index (χ0) is 21.6. The summed E-state index contributed by atoms with van der Waals surface area (Å²) in [6, 6.07) is 12.3. The van der Waals surface area contributed by atoms with Crippen molar-refractivity contribution in [2.75, 3.05) is 5.73 Å². The number of nitrogen functional groups attached to an aromatic ring is 1. The molecule has 152 valence electrons. The Labute approximate surface area is 180 Å². The molecule has 0 unspecified atom stereocenters. The lowest BCUT2D eigenvalue weighted by molar-refractivity contribution is -0.136. The second kappa shape index (κ2) is 7.48. The smallest absolute Gasteiger partial charge is 0.397 e. The molecule has 2 heterocycles. The third kappa shape index (κ3) is 3.70. The molecule has 4 rings (SSSR count). The quantitative estimate of drug-likeness (QED) is 0.254. The summed E-state index contributed by atoms with van der Waals surface area (Å²) in [4.78, 5) is 17.1. The molecule has 2 aromatic carbocycles. The number of aromatic nitrogens is 1. The summed E-state index contributed by atoms with van der Waals surface area (Å²) in [7, 11) is 0. The van der Waals surface area contributed by atoms with Gasteiger partial charge in [0.05, 0.1) is 16.9 Å². The Bertz CT molecular complexity index is 1270. The van der Waals surface area contributed by atoms with Crippen LogP contribution in [0.4, 0.5) is 23.2 Å². The molecule has 0 aliphatic carbocycles. The zero-order valence-electron chi connectivity index (χ0n) is 14.9.